The molecule has 3 nitrogen and oxygen atoms in total. The standard InChI is InChI=1S/C12H16ClNO2/c1-12(15)11(14(2)6-7-16-12)9-4-3-5-10(13)8-9/h3-5,8,11,15H,6-7H2,1-2H3/t11-,12-/m0/s1. The largest absolute Gasteiger partial charge is 0.364 e. The monoisotopic (exact) mass is 241 g/mol. The summed E-state index contributed by atoms with van der Waals surface area (Å²) in [6, 6.07) is 7.35. The van der Waals surface area contributed by atoms with Gasteiger partial charge in [-0.15, -0.1) is 0 Å². The van der Waals surface area contributed by atoms with Crippen molar-refractivity contribution >= 4 is 11.6 Å². The number of morpholine rings is 1. The Balaban J connectivity index is 2.36. The summed E-state index contributed by atoms with van der Waals surface area (Å²) >= 11 is 5.96. The fraction of sp³-hybridized carbons (Fsp3) is 0.500. The molecule has 1 aliphatic heterocycles. The topological polar surface area (TPSA) is 32.7 Å². The van der Waals surface area contributed by atoms with E-state index in [1.165, 1.54) is 0 Å². The van der Waals surface area contributed by atoms with Gasteiger partial charge in [0.15, 0.2) is 5.79 Å². The first kappa shape index (κ1) is 11.9. The van der Waals surface area contributed by atoms with E-state index in [-0.39, 0.29) is 6.04 Å². The number of hydrogen-bond acceptors (Lipinski definition) is 3. The van der Waals surface area contributed by atoms with E-state index < -0.39 is 5.79 Å². The molecule has 0 unspecified atom stereocenters. The molecule has 1 aliphatic rings. The maximum atomic E-state index is 10.2. The molecule has 0 saturated carbocycles. The fourth-order valence-corrected chi connectivity index (χ4v) is 2.45. The molecule has 4 heteroatoms. The lowest BCUT2D eigenvalue weighted by molar-refractivity contribution is -0.256. The average Bonchev–Trinajstić information content (AvgIpc) is 2.15. The van der Waals surface area contributed by atoms with Crippen LogP contribution in [0.1, 0.15) is 18.5 Å². The molecule has 2 rings (SSSR count). The van der Waals surface area contributed by atoms with Crippen LogP contribution >= 0.6 is 11.6 Å². The molecule has 1 N–H and O–H groups in total. The third-order valence-corrected chi connectivity index (χ3v) is 3.19. The van der Waals surface area contributed by atoms with E-state index in [0.717, 1.165) is 12.1 Å². The molecule has 88 valence electrons. The summed E-state index contributed by atoms with van der Waals surface area (Å²) in [6.07, 6.45) is 0. The van der Waals surface area contributed by atoms with E-state index >= 15 is 0 Å². The summed E-state index contributed by atoms with van der Waals surface area (Å²) in [5.74, 6) is -1.17. The molecule has 1 aromatic carbocycles. The Morgan fingerprint density at radius 3 is 2.94 bits per heavy atom. The van der Waals surface area contributed by atoms with Crippen molar-refractivity contribution in [2.24, 2.45) is 0 Å². The second-order valence-corrected chi connectivity index (χ2v) is 4.78. The molecule has 0 aliphatic carbocycles. The molecule has 2 atom stereocenters. The second-order valence-electron chi connectivity index (χ2n) is 4.34. The van der Waals surface area contributed by atoms with Crippen molar-refractivity contribution in [1.82, 2.24) is 4.90 Å². The first-order valence-electron chi connectivity index (χ1n) is 5.33. The number of aliphatic hydroxyl groups is 1. The van der Waals surface area contributed by atoms with Gasteiger partial charge in [-0.25, -0.2) is 0 Å². The van der Waals surface area contributed by atoms with Gasteiger partial charge >= 0.3 is 0 Å². The molecule has 0 radical (unpaired) electrons. The van der Waals surface area contributed by atoms with Gasteiger partial charge < -0.3 is 9.84 Å². The summed E-state index contributed by atoms with van der Waals surface area (Å²) in [6.45, 7) is 3.03. The third kappa shape index (κ3) is 2.23. The van der Waals surface area contributed by atoms with Crippen LogP contribution in [0.15, 0.2) is 24.3 Å². The Labute approximate surface area is 101 Å². The van der Waals surface area contributed by atoms with Crippen molar-refractivity contribution < 1.29 is 9.84 Å². The molecule has 1 heterocycles. The van der Waals surface area contributed by atoms with Crippen LogP contribution < -0.4 is 0 Å². The summed E-state index contributed by atoms with van der Waals surface area (Å²) in [5.41, 5.74) is 0.972. The van der Waals surface area contributed by atoms with Crippen LogP contribution in [0.25, 0.3) is 0 Å². The quantitative estimate of drug-likeness (QED) is 0.817. The van der Waals surface area contributed by atoms with Crippen molar-refractivity contribution in [3.05, 3.63) is 34.9 Å². The zero-order chi connectivity index (χ0) is 11.8. The fourth-order valence-electron chi connectivity index (χ4n) is 2.25. The highest BCUT2D eigenvalue weighted by Gasteiger charge is 2.40. The molecule has 0 amide bonds. The molecule has 0 aromatic heterocycles. The number of rotatable bonds is 1. The smallest absolute Gasteiger partial charge is 0.182 e. The Hall–Kier alpha value is -0.610. The lowest BCUT2D eigenvalue weighted by atomic mass is 9.97. The van der Waals surface area contributed by atoms with Crippen LogP contribution in [0.4, 0.5) is 0 Å². The van der Waals surface area contributed by atoms with Crippen molar-refractivity contribution in [2.45, 2.75) is 18.8 Å². The van der Waals surface area contributed by atoms with Gasteiger partial charge in [0.05, 0.1) is 12.6 Å². The zero-order valence-electron chi connectivity index (χ0n) is 9.48. The van der Waals surface area contributed by atoms with Crippen LogP contribution in [0.5, 0.6) is 0 Å². The Bertz CT molecular complexity index is 381. The first-order valence-corrected chi connectivity index (χ1v) is 5.70. The molecular formula is C12H16ClNO2. The Kier molecular flexibility index (Phi) is 3.22. The van der Waals surface area contributed by atoms with E-state index in [2.05, 4.69) is 4.90 Å². The van der Waals surface area contributed by atoms with Crippen LogP contribution in [0, 0.1) is 0 Å². The molecule has 0 spiro atoms. The van der Waals surface area contributed by atoms with E-state index in [0.29, 0.717) is 11.6 Å². The predicted octanol–water partition coefficient (Wildman–Crippen LogP) is 2.05. The highest BCUT2D eigenvalue weighted by atomic mass is 35.5. The van der Waals surface area contributed by atoms with Crippen LogP contribution in [0.3, 0.4) is 0 Å². The molecule has 1 aromatic rings. The Morgan fingerprint density at radius 1 is 1.56 bits per heavy atom. The van der Waals surface area contributed by atoms with Gasteiger partial charge in [-0.2, -0.15) is 0 Å². The van der Waals surface area contributed by atoms with Crippen molar-refractivity contribution in [1.29, 1.82) is 0 Å². The predicted molar refractivity (Wildman–Crippen MR) is 63.4 cm³/mol. The number of hydrogen-bond donors (Lipinski definition) is 1. The minimum atomic E-state index is -1.17. The van der Waals surface area contributed by atoms with Crippen LogP contribution in [-0.2, 0) is 4.74 Å². The first-order chi connectivity index (χ1) is 7.50. The number of nitrogens with zero attached hydrogens (tertiary/aromatic N) is 1. The number of likely N-dealkylation sites (N-methyl/N-ethyl adjacent to an activating group) is 1. The highest BCUT2D eigenvalue weighted by molar-refractivity contribution is 6.30. The Morgan fingerprint density at radius 2 is 2.31 bits per heavy atom. The van der Waals surface area contributed by atoms with Crippen molar-refractivity contribution in [3.63, 3.8) is 0 Å². The maximum absolute atomic E-state index is 10.2. The van der Waals surface area contributed by atoms with Gasteiger partial charge in [-0.05, 0) is 31.7 Å². The van der Waals surface area contributed by atoms with Gasteiger partial charge in [0.1, 0.15) is 0 Å². The summed E-state index contributed by atoms with van der Waals surface area (Å²) in [4.78, 5) is 2.08. The zero-order valence-corrected chi connectivity index (χ0v) is 10.2. The summed E-state index contributed by atoms with van der Waals surface area (Å²) < 4.78 is 5.41. The average molecular weight is 242 g/mol. The van der Waals surface area contributed by atoms with Crippen LogP contribution in [-0.4, -0.2) is 36.0 Å². The van der Waals surface area contributed by atoms with Gasteiger partial charge in [-0.1, -0.05) is 23.7 Å². The minimum absolute atomic E-state index is 0.181. The number of ether oxygens (including phenoxy) is 1. The van der Waals surface area contributed by atoms with Gasteiger partial charge in [0, 0.05) is 11.6 Å². The second kappa shape index (κ2) is 4.34. The van der Waals surface area contributed by atoms with E-state index in [9.17, 15) is 5.11 Å². The van der Waals surface area contributed by atoms with Gasteiger partial charge in [-0.3, -0.25) is 4.90 Å². The number of benzene rings is 1. The summed E-state index contributed by atoms with van der Waals surface area (Å²) in [5, 5.41) is 10.9. The molecular weight excluding hydrogens is 226 g/mol. The van der Waals surface area contributed by atoms with Crippen molar-refractivity contribution in [2.75, 3.05) is 20.2 Å². The molecule has 16 heavy (non-hydrogen) atoms. The van der Waals surface area contributed by atoms with E-state index in [1.54, 1.807) is 6.92 Å². The number of halogens is 1. The SMILES string of the molecule is CN1CCO[C@](C)(O)[C@@H]1c1cccc(Cl)c1. The maximum Gasteiger partial charge on any atom is 0.182 e. The molecule has 0 bridgehead atoms. The van der Waals surface area contributed by atoms with Gasteiger partial charge in [0.2, 0.25) is 0 Å². The highest BCUT2D eigenvalue weighted by Crippen LogP contribution is 2.35. The van der Waals surface area contributed by atoms with Gasteiger partial charge in [0.25, 0.3) is 0 Å². The van der Waals surface area contributed by atoms with E-state index in [4.69, 9.17) is 16.3 Å². The van der Waals surface area contributed by atoms with E-state index in [1.807, 2.05) is 31.3 Å². The van der Waals surface area contributed by atoms with Crippen molar-refractivity contribution in [3.8, 4) is 0 Å². The molecule has 1 saturated heterocycles. The van der Waals surface area contributed by atoms with Crippen LogP contribution in [0.2, 0.25) is 5.02 Å². The lowest BCUT2D eigenvalue weighted by Crippen LogP contribution is -2.50. The normalized spacial score (nSPS) is 31.6. The third-order valence-electron chi connectivity index (χ3n) is 2.95. The molecule has 1 fully saturated rings. The summed E-state index contributed by atoms with van der Waals surface area (Å²) in [7, 11) is 1.97. The lowest BCUT2D eigenvalue weighted by Gasteiger charge is -2.43. The minimum Gasteiger partial charge on any atom is -0.364 e.